The number of carbonyl (C=O) groups excluding carboxylic acids is 1. The van der Waals surface area contributed by atoms with E-state index in [1.54, 1.807) is 0 Å². The van der Waals surface area contributed by atoms with Crippen LogP contribution < -0.4 is 0 Å². The van der Waals surface area contributed by atoms with Gasteiger partial charge in [-0.25, -0.2) is 0 Å². The first-order chi connectivity index (χ1) is 9.56. The molecule has 1 aromatic rings. The van der Waals surface area contributed by atoms with Crippen LogP contribution in [0.1, 0.15) is 24.5 Å². The van der Waals surface area contributed by atoms with Crippen molar-refractivity contribution in [2.24, 2.45) is 0 Å². The number of hydrogen-bond acceptors (Lipinski definition) is 2. The number of hydrogen-bond donors (Lipinski definition) is 1. The zero-order valence-electron chi connectivity index (χ0n) is 11.6. The van der Waals surface area contributed by atoms with E-state index < -0.39 is 5.97 Å². The number of benzene rings is 1. The lowest BCUT2D eigenvalue weighted by molar-refractivity contribution is -0.144. The summed E-state index contributed by atoms with van der Waals surface area (Å²) in [7, 11) is 0. The highest BCUT2D eigenvalue weighted by Gasteiger charge is 2.15. The molecule has 106 valence electrons. The highest BCUT2D eigenvalue weighted by atomic mass is 16.4. The number of nitrogens with zero attached hydrogens (tertiary/aromatic N) is 1. The van der Waals surface area contributed by atoms with Crippen molar-refractivity contribution in [3.8, 4) is 12.3 Å². The minimum Gasteiger partial charge on any atom is -0.480 e. The Kier molecular flexibility index (Phi) is 6.31. The molecule has 1 N–H and O–H groups in total. The summed E-state index contributed by atoms with van der Waals surface area (Å²) in [4.78, 5) is 23.8. The highest BCUT2D eigenvalue weighted by Crippen LogP contribution is 2.08. The number of carbonyl (C=O) groups is 2. The molecule has 0 heterocycles. The van der Waals surface area contributed by atoms with Gasteiger partial charge in [-0.15, -0.1) is 6.42 Å². The highest BCUT2D eigenvalue weighted by molar-refractivity contribution is 5.81. The summed E-state index contributed by atoms with van der Waals surface area (Å²) in [6.07, 6.45) is 6.98. The predicted octanol–water partition coefficient (Wildman–Crippen LogP) is 1.73. The van der Waals surface area contributed by atoms with E-state index in [0.29, 0.717) is 6.42 Å². The molecule has 1 rings (SSSR count). The third-order valence-corrected chi connectivity index (χ3v) is 3.02. The second-order valence-corrected chi connectivity index (χ2v) is 4.52. The van der Waals surface area contributed by atoms with Crippen LogP contribution in [-0.4, -0.2) is 35.0 Å². The molecule has 1 amide bonds. The SMILES string of the molecule is C#CCN(CC(=O)O)C(=O)CCc1ccc(CC)cc1. The van der Waals surface area contributed by atoms with Gasteiger partial charge in [0.25, 0.3) is 0 Å². The molecule has 0 saturated carbocycles. The van der Waals surface area contributed by atoms with Gasteiger partial charge in [-0.1, -0.05) is 37.1 Å². The van der Waals surface area contributed by atoms with Gasteiger partial charge in [0.15, 0.2) is 0 Å². The van der Waals surface area contributed by atoms with E-state index in [-0.39, 0.29) is 25.4 Å². The van der Waals surface area contributed by atoms with Crippen LogP contribution in [-0.2, 0) is 22.4 Å². The van der Waals surface area contributed by atoms with Gasteiger partial charge in [0.2, 0.25) is 5.91 Å². The Morgan fingerprint density at radius 1 is 1.25 bits per heavy atom. The lowest BCUT2D eigenvalue weighted by Crippen LogP contribution is -2.36. The monoisotopic (exact) mass is 273 g/mol. The number of terminal acetylenes is 1. The minimum absolute atomic E-state index is 0.0277. The Bertz CT molecular complexity index is 499. The van der Waals surface area contributed by atoms with Crippen molar-refractivity contribution < 1.29 is 14.7 Å². The largest absolute Gasteiger partial charge is 0.480 e. The van der Waals surface area contributed by atoms with E-state index in [4.69, 9.17) is 11.5 Å². The number of carboxylic acid groups (broad SMARTS) is 1. The van der Waals surface area contributed by atoms with Crippen LogP contribution in [0.4, 0.5) is 0 Å². The van der Waals surface area contributed by atoms with Crippen LogP contribution >= 0.6 is 0 Å². The van der Waals surface area contributed by atoms with Crippen molar-refractivity contribution in [3.05, 3.63) is 35.4 Å². The van der Waals surface area contributed by atoms with Crippen LogP contribution in [0, 0.1) is 12.3 Å². The second-order valence-electron chi connectivity index (χ2n) is 4.52. The Hall–Kier alpha value is -2.28. The van der Waals surface area contributed by atoms with Gasteiger partial charge in [-0.05, 0) is 24.0 Å². The molecule has 1 aromatic carbocycles. The molecular weight excluding hydrogens is 254 g/mol. The van der Waals surface area contributed by atoms with E-state index >= 15 is 0 Å². The van der Waals surface area contributed by atoms with E-state index in [2.05, 4.69) is 12.8 Å². The van der Waals surface area contributed by atoms with Crippen molar-refractivity contribution in [1.82, 2.24) is 4.90 Å². The van der Waals surface area contributed by atoms with E-state index in [0.717, 1.165) is 12.0 Å². The number of aliphatic carboxylic acids is 1. The average Bonchev–Trinajstić information content (AvgIpc) is 2.44. The van der Waals surface area contributed by atoms with Gasteiger partial charge in [0.05, 0.1) is 6.54 Å². The summed E-state index contributed by atoms with van der Waals surface area (Å²) in [5.74, 6) is 1.02. The summed E-state index contributed by atoms with van der Waals surface area (Å²) < 4.78 is 0. The zero-order valence-corrected chi connectivity index (χ0v) is 11.6. The molecule has 0 aliphatic carbocycles. The van der Waals surface area contributed by atoms with Crippen molar-refractivity contribution in [2.75, 3.05) is 13.1 Å². The van der Waals surface area contributed by atoms with Gasteiger partial charge in [-0.3, -0.25) is 9.59 Å². The zero-order chi connectivity index (χ0) is 15.0. The number of carboxylic acids is 1. The van der Waals surface area contributed by atoms with Gasteiger partial charge in [0, 0.05) is 6.42 Å². The molecule has 0 aliphatic heterocycles. The normalized spacial score (nSPS) is 9.80. The lowest BCUT2D eigenvalue weighted by Gasteiger charge is -2.17. The van der Waals surface area contributed by atoms with Gasteiger partial charge in [-0.2, -0.15) is 0 Å². The first-order valence-electron chi connectivity index (χ1n) is 6.57. The Balaban J connectivity index is 2.55. The molecule has 0 saturated heterocycles. The molecule has 0 radical (unpaired) electrons. The van der Waals surface area contributed by atoms with Gasteiger partial charge in [0.1, 0.15) is 6.54 Å². The number of aryl methyl sites for hydroxylation is 2. The number of rotatable bonds is 7. The Morgan fingerprint density at radius 2 is 1.85 bits per heavy atom. The van der Waals surface area contributed by atoms with Crippen LogP contribution in [0.5, 0.6) is 0 Å². The Morgan fingerprint density at radius 3 is 2.35 bits per heavy atom. The molecule has 0 aromatic heterocycles. The third-order valence-electron chi connectivity index (χ3n) is 3.02. The summed E-state index contributed by atoms with van der Waals surface area (Å²) in [5, 5.41) is 8.74. The molecule has 0 atom stereocenters. The van der Waals surface area contributed by atoms with Crippen molar-refractivity contribution >= 4 is 11.9 Å². The maximum absolute atomic E-state index is 11.9. The van der Waals surface area contributed by atoms with Crippen LogP contribution in [0.15, 0.2) is 24.3 Å². The summed E-state index contributed by atoms with van der Waals surface area (Å²) in [5.41, 5.74) is 2.31. The predicted molar refractivity (Wildman–Crippen MR) is 77.2 cm³/mol. The molecule has 0 fully saturated rings. The van der Waals surface area contributed by atoms with Crippen LogP contribution in [0.25, 0.3) is 0 Å². The van der Waals surface area contributed by atoms with Crippen LogP contribution in [0.2, 0.25) is 0 Å². The molecule has 4 heteroatoms. The summed E-state index contributed by atoms with van der Waals surface area (Å²) >= 11 is 0. The molecule has 20 heavy (non-hydrogen) atoms. The lowest BCUT2D eigenvalue weighted by atomic mass is 10.1. The van der Waals surface area contributed by atoms with E-state index in [1.807, 2.05) is 24.3 Å². The summed E-state index contributed by atoms with van der Waals surface area (Å²) in [6, 6.07) is 8.07. The quantitative estimate of drug-likeness (QED) is 0.770. The molecule has 0 spiro atoms. The van der Waals surface area contributed by atoms with Gasteiger partial charge < -0.3 is 10.0 Å². The van der Waals surface area contributed by atoms with E-state index in [1.165, 1.54) is 10.5 Å². The molecule has 0 aliphatic rings. The second kappa shape index (κ2) is 8.00. The van der Waals surface area contributed by atoms with Crippen molar-refractivity contribution in [2.45, 2.75) is 26.2 Å². The third kappa shape index (κ3) is 5.15. The maximum atomic E-state index is 11.9. The molecular formula is C16H19NO3. The first-order valence-corrected chi connectivity index (χ1v) is 6.57. The van der Waals surface area contributed by atoms with Gasteiger partial charge >= 0.3 is 5.97 Å². The van der Waals surface area contributed by atoms with Crippen molar-refractivity contribution in [1.29, 1.82) is 0 Å². The average molecular weight is 273 g/mol. The summed E-state index contributed by atoms with van der Waals surface area (Å²) in [6.45, 7) is 1.76. The van der Waals surface area contributed by atoms with Crippen LogP contribution in [0.3, 0.4) is 0 Å². The molecule has 0 unspecified atom stereocenters. The fraction of sp³-hybridized carbons (Fsp3) is 0.375. The van der Waals surface area contributed by atoms with Crippen molar-refractivity contribution in [3.63, 3.8) is 0 Å². The molecule has 0 bridgehead atoms. The number of amides is 1. The maximum Gasteiger partial charge on any atom is 0.323 e. The first kappa shape index (κ1) is 15.8. The smallest absolute Gasteiger partial charge is 0.323 e. The molecule has 4 nitrogen and oxygen atoms in total. The fourth-order valence-electron chi connectivity index (χ4n) is 1.86. The Labute approximate surface area is 119 Å². The topological polar surface area (TPSA) is 57.6 Å². The minimum atomic E-state index is -1.05. The fourth-order valence-corrected chi connectivity index (χ4v) is 1.86. The standard InChI is InChI=1S/C16H19NO3/c1-3-11-17(12-16(19)20)15(18)10-9-14-7-5-13(4-2)6-8-14/h1,5-8H,4,9-12H2,2H3,(H,19,20). The van der Waals surface area contributed by atoms with E-state index in [9.17, 15) is 9.59 Å².